The number of fused-ring (bicyclic) bond motifs is 1. The molecule has 1 N–H and O–H groups in total. The van der Waals surface area contributed by atoms with Crippen molar-refractivity contribution in [1.82, 2.24) is 5.32 Å². The molecule has 2 aliphatic heterocycles. The highest BCUT2D eigenvalue weighted by molar-refractivity contribution is 7.92. The summed E-state index contributed by atoms with van der Waals surface area (Å²) < 4.78 is 27.9. The van der Waals surface area contributed by atoms with Gasteiger partial charge in [-0.05, 0) is 24.6 Å². The summed E-state index contributed by atoms with van der Waals surface area (Å²) in [6, 6.07) is 6.12. The molecule has 1 saturated heterocycles. The number of benzene rings is 1. The molecule has 2 heterocycles. The fourth-order valence-electron chi connectivity index (χ4n) is 2.59. The van der Waals surface area contributed by atoms with Crippen LogP contribution in [0.1, 0.15) is 11.1 Å². The Bertz CT molecular complexity index is 541. The number of ether oxygens (including phenoxy) is 1. The molecule has 1 aromatic rings. The minimum atomic E-state index is -2.74. The summed E-state index contributed by atoms with van der Waals surface area (Å²) in [5.74, 6) is 1.63. The summed E-state index contributed by atoms with van der Waals surface area (Å²) in [4.78, 5) is 0. The highest BCUT2D eigenvalue weighted by Gasteiger charge is 2.33. The number of rotatable bonds is 3. The zero-order valence-corrected chi connectivity index (χ0v) is 11.0. The molecule has 1 aromatic carbocycles. The maximum atomic E-state index is 11.1. The third-order valence-electron chi connectivity index (χ3n) is 3.56. The minimum Gasteiger partial charge on any atom is -0.493 e. The molecule has 0 bridgehead atoms. The van der Waals surface area contributed by atoms with E-state index in [1.165, 1.54) is 11.1 Å². The standard InChI is InChI=1S/C13H17NO3S/c15-18(16)8-10(9-18)7-17-13-3-1-2-11-4-5-14-6-12(11)13/h1-3,10,14H,4-9H2. The van der Waals surface area contributed by atoms with Crippen molar-refractivity contribution in [2.75, 3.05) is 24.7 Å². The summed E-state index contributed by atoms with van der Waals surface area (Å²) in [6.45, 7) is 2.36. The van der Waals surface area contributed by atoms with Crippen molar-refractivity contribution in [3.05, 3.63) is 29.3 Å². The van der Waals surface area contributed by atoms with E-state index in [0.29, 0.717) is 6.61 Å². The highest BCUT2D eigenvalue weighted by atomic mass is 32.2. The van der Waals surface area contributed by atoms with Gasteiger partial charge in [0.15, 0.2) is 9.84 Å². The highest BCUT2D eigenvalue weighted by Crippen LogP contribution is 2.27. The smallest absolute Gasteiger partial charge is 0.151 e. The average molecular weight is 267 g/mol. The van der Waals surface area contributed by atoms with Gasteiger partial charge in [-0.3, -0.25) is 0 Å². The Morgan fingerprint density at radius 2 is 2.17 bits per heavy atom. The Balaban J connectivity index is 1.66. The SMILES string of the molecule is O=S1(=O)CC(COc2cccc3c2CNCC3)C1. The lowest BCUT2D eigenvalue weighted by molar-refractivity contribution is 0.260. The van der Waals surface area contributed by atoms with E-state index in [0.717, 1.165) is 25.3 Å². The van der Waals surface area contributed by atoms with Crippen molar-refractivity contribution in [2.45, 2.75) is 13.0 Å². The maximum Gasteiger partial charge on any atom is 0.151 e. The van der Waals surface area contributed by atoms with Gasteiger partial charge in [-0.1, -0.05) is 12.1 Å². The lowest BCUT2D eigenvalue weighted by atomic mass is 10.0. The van der Waals surface area contributed by atoms with Crippen molar-refractivity contribution in [1.29, 1.82) is 0 Å². The van der Waals surface area contributed by atoms with Gasteiger partial charge in [-0.2, -0.15) is 0 Å². The van der Waals surface area contributed by atoms with Gasteiger partial charge in [-0.25, -0.2) is 8.42 Å². The van der Waals surface area contributed by atoms with Gasteiger partial charge in [0.05, 0.1) is 18.1 Å². The Kier molecular flexibility index (Phi) is 3.03. The first-order chi connectivity index (χ1) is 8.64. The Morgan fingerprint density at radius 3 is 2.94 bits per heavy atom. The molecule has 0 spiro atoms. The molecule has 98 valence electrons. The van der Waals surface area contributed by atoms with Crippen LogP contribution < -0.4 is 10.1 Å². The van der Waals surface area contributed by atoms with Gasteiger partial charge in [-0.15, -0.1) is 0 Å². The number of sulfone groups is 1. The third-order valence-corrected chi connectivity index (χ3v) is 5.52. The van der Waals surface area contributed by atoms with Crippen LogP contribution in [0, 0.1) is 5.92 Å². The van der Waals surface area contributed by atoms with Crippen LogP contribution in [-0.2, 0) is 22.8 Å². The molecule has 0 unspecified atom stereocenters. The Morgan fingerprint density at radius 1 is 1.33 bits per heavy atom. The molecule has 0 atom stereocenters. The first-order valence-corrected chi connectivity index (χ1v) is 8.11. The summed E-state index contributed by atoms with van der Waals surface area (Å²) in [5, 5.41) is 3.33. The maximum absolute atomic E-state index is 11.1. The molecule has 0 saturated carbocycles. The molecule has 4 nitrogen and oxygen atoms in total. The summed E-state index contributed by atoms with van der Waals surface area (Å²) in [7, 11) is -2.74. The largest absolute Gasteiger partial charge is 0.493 e. The molecule has 0 aliphatic carbocycles. The minimum absolute atomic E-state index is 0.169. The van der Waals surface area contributed by atoms with Crippen LogP contribution in [0.15, 0.2) is 18.2 Å². The zero-order chi connectivity index (χ0) is 12.6. The summed E-state index contributed by atoms with van der Waals surface area (Å²) in [6.07, 6.45) is 1.03. The lowest BCUT2D eigenvalue weighted by Gasteiger charge is -2.27. The van der Waals surface area contributed by atoms with E-state index < -0.39 is 9.84 Å². The predicted octanol–water partition coefficient (Wildman–Crippen LogP) is 0.756. The van der Waals surface area contributed by atoms with Gasteiger partial charge in [0.1, 0.15) is 5.75 Å². The van der Waals surface area contributed by atoms with Crippen LogP contribution in [0.3, 0.4) is 0 Å². The van der Waals surface area contributed by atoms with Crippen LogP contribution in [0.5, 0.6) is 5.75 Å². The van der Waals surface area contributed by atoms with Gasteiger partial charge in [0.2, 0.25) is 0 Å². The van der Waals surface area contributed by atoms with E-state index in [9.17, 15) is 8.42 Å². The Hall–Kier alpha value is -1.07. The average Bonchev–Trinajstić information content (AvgIpc) is 2.33. The number of nitrogens with one attached hydrogen (secondary N) is 1. The fourth-order valence-corrected chi connectivity index (χ4v) is 4.12. The summed E-state index contributed by atoms with van der Waals surface area (Å²) >= 11 is 0. The van der Waals surface area contributed by atoms with Crippen LogP contribution in [0.4, 0.5) is 0 Å². The first kappa shape index (κ1) is 12.0. The van der Waals surface area contributed by atoms with Crippen molar-refractivity contribution in [3.63, 3.8) is 0 Å². The number of hydrogen-bond donors (Lipinski definition) is 1. The lowest BCUT2D eigenvalue weighted by Crippen LogP contribution is -2.40. The third kappa shape index (κ3) is 2.37. The molecule has 2 aliphatic rings. The monoisotopic (exact) mass is 267 g/mol. The van der Waals surface area contributed by atoms with Gasteiger partial charge in [0, 0.05) is 18.0 Å². The van der Waals surface area contributed by atoms with Crippen molar-refractivity contribution >= 4 is 9.84 Å². The van der Waals surface area contributed by atoms with Gasteiger partial charge >= 0.3 is 0 Å². The quantitative estimate of drug-likeness (QED) is 0.878. The molecular weight excluding hydrogens is 250 g/mol. The van der Waals surface area contributed by atoms with Crippen LogP contribution in [0.25, 0.3) is 0 Å². The van der Waals surface area contributed by atoms with Crippen molar-refractivity contribution in [2.24, 2.45) is 5.92 Å². The molecule has 0 radical (unpaired) electrons. The van der Waals surface area contributed by atoms with Crippen molar-refractivity contribution in [3.8, 4) is 5.75 Å². The molecule has 3 rings (SSSR count). The molecule has 0 aromatic heterocycles. The second-order valence-electron chi connectivity index (χ2n) is 5.07. The van der Waals surface area contributed by atoms with Crippen LogP contribution in [0.2, 0.25) is 0 Å². The van der Waals surface area contributed by atoms with E-state index in [1.54, 1.807) is 0 Å². The molecule has 5 heteroatoms. The molecule has 1 fully saturated rings. The second kappa shape index (κ2) is 4.55. The molecular formula is C13H17NO3S. The van der Waals surface area contributed by atoms with Crippen molar-refractivity contribution < 1.29 is 13.2 Å². The molecule has 18 heavy (non-hydrogen) atoms. The van der Waals surface area contributed by atoms with E-state index in [1.807, 2.05) is 12.1 Å². The first-order valence-electron chi connectivity index (χ1n) is 6.29. The predicted molar refractivity (Wildman–Crippen MR) is 69.5 cm³/mol. The van der Waals surface area contributed by atoms with Gasteiger partial charge < -0.3 is 10.1 Å². The van der Waals surface area contributed by atoms with E-state index in [2.05, 4.69) is 11.4 Å². The normalized spacial score (nSPS) is 22.0. The molecule has 0 amide bonds. The second-order valence-corrected chi connectivity index (χ2v) is 7.23. The number of hydrogen-bond acceptors (Lipinski definition) is 4. The van der Waals surface area contributed by atoms with Crippen LogP contribution in [-0.4, -0.2) is 33.1 Å². The fraction of sp³-hybridized carbons (Fsp3) is 0.538. The summed E-state index contributed by atoms with van der Waals surface area (Å²) in [5.41, 5.74) is 2.57. The Labute approximate surface area is 107 Å². The van der Waals surface area contributed by atoms with Crippen LogP contribution >= 0.6 is 0 Å². The van der Waals surface area contributed by atoms with E-state index in [4.69, 9.17) is 4.74 Å². The van der Waals surface area contributed by atoms with Gasteiger partial charge in [0.25, 0.3) is 0 Å². The van der Waals surface area contributed by atoms with E-state index in [-0.39, 0.29) is 17.4 Å². The zero-order valence-electron chi connectivity index (χ0n) is 10.2. The van der Waals surface area contributed by atoms with E-state index >= 15 is 0 Å². The topological polar surface area (TPSA) is 55.4 Å².